The van der Waals surface area contributed by atoms with E-state index in [1.54, 1.807) is 11.7 Å². The van der Waals surface area contributed by atoms with Crippen molar-refractivity contribution in [2.45, 2.75) is 32.9 Å². The molecule has 0 spiro atoms. The Labute approximate surface area is 78.3 Å². The highest BCUT2D eigenvalue weighted by molar-refractivity contribution is 5.15. The molecular weight excluding hydrogens is 166 g/mol. The second-order valence-corrected chi connectivity index (χ2v) is 3.20. The average Bonchev–Trinajstić information content (AvgIpc) is 2.42. The van der Waals surface area contributed by atoms with Gasteiger partial charge in [0.15, 0.2) is 5.82 Å². The number of hydrogen-bond donors (Lipinski definition) is 2. The molecule has 0 fully saturated rings. The van der Waals surface area contributed by atoms with Gasteiger partial charge in [-0.3, -0.25) is 0 Å². The van der Waals surface area contributed by atoms with Gasteiger partial charge in [0.05, 0.1) is 6.54 Å². The number of aromatic nitrogens is 3. The minimum atomic E-state index is 0.459. The quantitative estimate of drug-likeness (QED) is 0.703. The van der Waals surface area contributed by atoms with Crippen LogP contribution in [0, 0.1) is 0 Å². The molecule has 5 heteroatoms. The van der Waals surface area contributed by atoms with Gasteiger partial charge in [-0.05, 0) is 13.3 Å². The molecule has 0 saturated carbocycles. The molecule has 74 valence electrons. The van der Waals surface area contributed by atoms with Crippen LogP contribution in [-0.4, -0.2) is 20.8 Å². The summed E-state index contributed by atoms with van der Waals surface area (Å²) in [5.74, 6) is 1.21. The largest absolute Gasteiger partial charge is 0.368 e. The van der Waals surface area contributed by atoms with E-state index < -0.39 is 0 Å². The SMILES string of the molecule is CCC(C)NCc1nc(N)n(C)n1. The van der Waals surface area contributed by atoms with E-state index in [2.05, 4.69) is 29.2 Å². The lowest BCUT2D eigenvalue weighted by Gasteiger charge is -2.07. The Morgan fingerprint density at radius 2 is 2.31 bits per heavy atom. The third kappa shape index (κ3) is 2.69. The molecule has 0 aliphatic rings. The van der Waals surface area contributed by atoms with Crippen LogP contribution in [0.15, 0.2) is 0 Å². The summed E-state index contributed by atoms with van der Waals surface area (Å²) in [4.78, 5) is 4.08. The van der Waals surface area contributed by atoms with Crippen LogP contribution in [-0.2, 0) is 13.6 Å². The Kier molecular flexibility index (Phi) is 3.25. The topological polar surface area (TPSA) is 68.8 Å². The van der Waals surface area contributed by atoms with Crippen molar-refractivity contribution in [1.82, 2.24) is 20.1 Å². The van der Waals surface area contributed by atoms with Gasteiger partial charge in [-0.2, -0.15) is 10.1 Å². The van der Waals surface area contributed by atoms with E-state index >= 15 is 0 Å². The normalized spacial score (nSPS) is 13.2. The molecule has 3 N–H and O–H groups in total. The molecule has 1 heterocycles. The zero-order chi connectivity index (χ0) is 9.84. The van der Waals surface area contributed by atoms with Crippen molar-refractivity contribution >= 4 is 5.95 Å². The lowest BCUT2D eigenvalue weighted by Crippen LogP contribution is -2.25. The number of anilines is 1. The summed E-state index contributed by atoms with van der Waals surface area (Å²) < 4.78 is 1.58. The lowest BCUT2D eigenvalue weighted by molar-refractivity contribution is 0.521. The summed E-state index contributed by atoms with van der Waals surface area (Å²) in [5, 5.41) is 7.43. The maximum Gasteiger partial charge on any atom is 0.218 e. The second-order valence-electron chi connectivity index (χ2n) is 3.20. The molecule has 0 bridgehead atoms. The average molecular weight is 183 g/mol. The number of aryl methyl sites for hydroxylation is 1. The molecule has 13 heavy (non-hydrogen) atoms. The predicted octanol–water partition coefficient (Wildman–Crippen LogP) is 0.285. The maximum absolute atomic E-state index is 5.54. The molecule has 0 aliphatic carbocycles. The van der Waals surface area contributed by atoms with Crippen molar-refractivity contribution in [2.24, 2.45) is 7.05 Å². The van der Waals surface area contributed by atoms with E-state index in [1.165, 1.54) is 0 Å². The number of nitrogens with zero attached hydrogens (tertiary/aromatic N) is 3. The van der Waals surface area contributed by atoms with Gasteiger partial charge in [-0.1, -0.05) is 6.92 Å². The molecule has 0 aliphatic heterocycles. The van der Waals surface area contributed by atoms with Gasteiger partial charge in [0.2, 0.25) is 5.95 Å². The molecular formula is C8H17N5. The van der Waals surface area contributed by atoms with Crippen LogP contribution in [0.3, 0.4) is 0 Å². The van der Waals surface area contributed by atoms with Crippen LogP contribution in [0.5, 0.6) is 0 Å². The predicted molar refractivity (Wildman–Crippen MR) is 52.0 cm³/mol. The summed E-state index contributed by atoms with van der Waals surface area (Å²) in [6.45, 7) is 4.95. The third-order valence-corrected chi connectivity index (χ3v) is 2.06. The third-order valence-electron chi connectivity index (χ3n) is 2.06. The number of nitrogen functional groups attached to an aromatic ring is 1. The fraction of sp³-hybridized carbons (Fsp3) is 0.750. The fourth-order valence-corrected chi connectivity index (χ4v) is 0.936. The van der Waals surface area contributed by atoms with Crippen molar-refractivity contribution < 1.29 is 0 Å². The Morgan fingerprint density at radius 3 is 2.77 bits per heavy atom. The number of hydrogen-bond acceptors (Lipinski definition) is 4. The lowest BCUT2D eigenvalue weighted by atomic mass is 10.2. The Morgan fingerprint density at radius 1 is 1.62 bits per heavy atom. The van der Waals surface area contributed by atoms with E-state index in [1.807, 2.05) is 0 Å². The zero-order valence-electron chi connectivity index (χ0n) is 8.41. The van der Waals surface area contributed by atoms with Crippen molar-refractivity contribution in [1.29, 1.82) is 0 Å². The molecule has 1 rings (SSSR count). The van der Waals surface area contributed by atoms with Crippen LogP contribution in [0.4, 0.5) is 5.95 Å². The molecule has 0 amide bonds. The van der Waals surface area contributed by atoms with Gasteiger partial charge in [0.25, 0.3) is 0 Å². The van der Waals surface area contributed by atoms with E-state index in [0.29, 0.717) is 18.5 Å². The van der Waals surface area contributed by atoms with Crippen LogP contribution in [0.1, 0.15) is 26.1 Å². The molecule has 0 radical (unpaired) electrons. The molecule has 1 unspecified atom stereocenters. The Bertz CT molecular complexity index is 248. The summed E-state index contributed by atoms with van der Waals surface area (Å²) in [7, 11) is 1.79. The first-order chi connectivity index (χ1) is 6.13. The van der Waals surface area contributed by atoms with Crippen molar-refractivity contribution in [3.63, 3.8) is 0 Å². The van der Waals surface area contributed by atoms with Gasteiger partial charge in [-0.25, -0.2) is 4.68 Å². The Balaban J connectivity index is 2.45. The molecule has 1 atom stereocenters. The van der Waals surface area contributed by atoms with E-state index in [4.69, 9.17) is 5.73 Å². The van der Waals surface area contributed by atoms with Gasteiger partial charge < -0.3 is 11.1 Å². The molecule has 1 aromatic rings. The van der Waals surface area contributed by atoms with Gasteiger partial charge >= 0.3 is 0 Å². The highest BCUT2D eigenvalue weighted by Gasteiger charge is 2.04. The zero-order valence-corrected chi connectivity index (χ0v) is 8.41. The van der Waals surface area contributed by atoms with Crippen molar-refractivity contribution in [3.05, 3.63) is 5.82 Å². The van der Waals surface area contributed by atoms with Gasteiger partial charge in [0, 0.05) is 13.1 Å². The first-order valence-corrected chi connectivity index (χ1v) is 4.52. The van der Waals surface area contributed by atoms with Crippen LogP contribution in [0.2, 0.25) is 0 Å². The van der Waals surface area contributed by atoms with E-state index in [-0.39, 0.29) is 0 Å². The first-order valence-electron chi connectivity index (χ1n) is 4.52. The summed E-state index contributed by atoms with van der Waals surface area (Å²) >= 11 is 0. The Hall–Kier alpha value is -1.10. The smallest absolute Gasteiger partial charge is 0.218 e. The number of nitrogens with one attached hydrogen (secondary N) is 1. The van der Waals surface area contributed by atoms with E-state index in [0.717, 1.165) is 12.2 Å². The monoisotopic (exact) mass is 183 g/mol. The molecule has 0 aromatic carbocycles. The van der Waals surface area contributed by atoms with Crippen LogP contribution < -0.4 is 11.1 Å². The molecule has 5 nitrogen and oxygen atoms in total. The standard InChI is InChI=1S/C8H17N5/c1-4-6(2)10-5-7-11-8(9)13(3)12-7/h6,10H,4-5H2,1-3H3,(H2,9,11,12). The van der Waals surface area contributed by atoms with Crippen LogP contribution >= 0.6 is 0 Å². The number of nitrogens with two attached hydrogens (primary N) is 1. The number of rotatable bonds is 4. The second kappa shape index (κ2) is 4.23. The highest BCUT2D eigenvalue weighted by atomic mass is 15.4. The van der Waals surface area contributed by atoms with E-state index in [9.17, 15) is 0 Å². The van der Waals surface area contributed by atoms with Crippen molar-refractivity contribution in [2.75, 3.05) is 5.73 Å². The van der Waals surface area contributed by atoms with Crippen LogP contribution in [0.25, 0.3) is 0 Å². The van der Waals surface area contributed by atoms with Gasteiger partial charge in [0.1, 0.15) is 0 Å². The first kappa shape index (κ1) is 9.98. The highest BCUT2D eigenvalue weighted by Crippen LogP contribution is 1.98. The molecule has 1 aromatic heterocycles. The molecule has 0 saturated heterocycles. The minimum absolute atomic E-state index is 0.459. The van der Waals surface area contributed by atoms with Crippen molar-refractivity contribution in [3.8, 4) is 0 Å². The summed E-state index contributed by atoms with van der Waals surface area (Å²) in [6.07, 6.45) is 1.10. The minimum Gasteiger partial charge on any atom is -0.368 e. The maximum atomic E-state index is 5.54. The summed E-state index contributed by atoms with van der Waals surface area (Å²) in [5.41, 5.74) is 5.54. The fourth-order valence-electron chi connectivity index (χ4n) is 0.936. The van der Waals surface area contributed by atoms with Gasteiger partial charge in [-0.15, -0.1) is 0 Å². The summed E-state index contributed by atoms with van der Waals surface area (Å²) in [6, 6.07) is 0.491.